The van der Waals surface area contributed by atoms with Gasteiger partial charge in [-0.25, -0.2) is 4.39 Å². The second kappa shape index (κ2) is 9.40. The molecule has 31 heavy (non-hydrogen) atoms. The van der Waals surface area contributed by atoms with Crippen molar-refractivity contribution in [2.24, 2.45) is 7.05 Å². The largest absolute Gasteiger partial charge is 0.496 e. The van der Waals surface area contributed by atoms with Crippen molar-refractivity contribution in [2.45, 2.75) is 6.61 Å². The fourth-order valence-corrected chi connectivity index (χ4v) is 3.07. The molecule has 1 heterocycles. The van der Waals surface area contributed by atoms with Crippen molar-refractivity contribution in [1.82, 2.24) is 9.78 Å². The zero-order valence-corrected chi connectivity index (χ0v) is 17.3. The maximum absolute atomic E-state index is 13.5. The Bertz CT molecular complexity index is 1180. The fourth-order valence-electron chi connectivity index (χ4n) is 2.80. The molecular weight excluding hydrogens is 429 g/mol. The quantitative estimate of drug-likeness (QED) is 0.217. The van der Waals surface area contributed by atoms with E-state index in [2.05, 4.69) is 5.10 Å². The molecular formula is C21H17ClFN3O5. The highest BCUT2D eigenvalue weighted by atomic mass is 35.5. The number of ether oxygens (including phenoxy) is 2. The number of nitrogens with zero attached hydrogens (tertiary/aromatic N) is 3. The van der Waals surface area contributed by atoms with Gasteiger partial charge in [0, 0.05) is 30.9 Å². The Labute approximate surface area is 181 Å². The molecule has 0 aliphatic heterocycles. The topological polar surface area (TPSA) is 96.5 Å². The van der Waals surface area contributed by atoms with Crippen LogP contribution in [0.1, 0.15) is 21.6 Å². The number of aryl methyl sites for hydroxylation is 1. The summed E-state index contributed by atoms with van der Waals surface area (Å²) in [5, 5.41) is 15.4. The molecule has 1 aromatic heterocycles. The molecule has 0 saturated heterocycles. The third kappa shape index (κ3) is 5.26. The molecule has 0 saturated carbocycles. The van der Waals surface area contributed by atoms with Crippen molar-refractivity contribution in [2.75, 3.05) is 7.11 Å². The Kier molecular flexibility index (Phi) is 6.66. The van der Waals surface area contributed by atoms with E-state index in [1.807, 2.05) is 0 Å². The van der Waals surface area contributed by atoms with Gasteiger partial charge in [0.1, 0.15) is 18.2 Å². The lowest BCUT2D eigenvalue weighted by Gasteiger charge is -2.11. The predicted octanol–water partition coefficient (Wildman–Crippen LogP) is 4.60. The zero-order valence-electron chi connectivity index (χ0n) is 16.5. The summed E-state index contributed by atoms with van der Waals surface area (Å²) in [6.07, 6.45) is 4.43. The summed E-state index contributed by atoms with van der Waals surface area (Å²) in [5.74, 6) is -0.756. The molecule has 160 valence electrons. The normalized spacial score (nSPS) is 11.0. The Morgan fingerprint density at radius 3 is 2.71 bits per heavy atom. The van der Waals surface area contributed by atoms with Crippen molar-refractivity contribution in [3.63, 3.8) is 0 Å². The van der Waals surface area contributed by atoms with Gasteiger partial charge in [0.05, 0.1) is 17.1 Å². The molecule has 8 nitrogen and oxygen atoms in total. The van der Waals surface area contributed by atoms with Crippen LogP contribution in [0.2, 0.25) is 5.02 Å². The van der Waals surface area contributed by atoms with Crippen LogP contribution in [0.3, 0.4) is 0 Å². The Hall–Kier alpha value is -3.72. The average Bonchev–Trinajstić information content (AvgIpc) is 3.08. The van der Waals surface area contributed by atoms with E-state index in [9.17, 15) is 19.3 Å². The van der Waals surface area contributed by atoms with Crippen LogP contribution in [-0.4, -0.2) is 27.6 Å². The summed E-state index contributed by atoms with van der Waals surface area (Å²) in [6, 6.07) is 8.04. The second-order valence-corrected chi connectivity index (χ2v) is 6.83. The molecule has 0 aliphatic rings. The number of nitro groups is 1. The van der Waals surface area contributed by atoms with E-state index in [1.165, 1.54) is 24.1 Å². The van der Waals surface area contributed by atoms with Crippen LogP contribution >= 0.6 is 11.6 Å². The van der Waals surface area contributed by atoms with E-state index in [1.54, 1.807) is 31.3 Å². The fraction of sp³-hybridized carbons (Fsp3) is 0.143. The van der Waals surface area contributed by atoms with Crippen LogP contribution in [0.15, 0.2) is 48.7 Å². The number of carbonyl (C=O) groups excluding carboxylic acids is 1. The Morgan fingerprint density at radius 2 is 2.06 bits per heavy atom. The maximum Gasteiger partial charge on any atom is 0.311 e. The molecule has 0 fully saturated rings. The molecule has 3 rings (SSSR count). The number of halogens is 2. The molecule has 2 aromatic carbocycles. The number of methoxy groups -OCH3 is 1. The third-order valence-electron chi connectivity index (χ3n) is 4.25. The zero-order chi connectivity index (χ0) is 22.5. The van der Waals surface area contributed by atoms with Crippen molar-refractivity contribution >= 4 is 29.1 Å². The van der Waals surface area contributed by atoms with Gasteiger partial charge in [-0.15, -0.1) is 0 Å². The number of aromatic nitrogens is 2. The van der Waals surface area contributed by atoms with Gasteiger partial charge >= 0.3 is 5.69 Å². The first-order valence-electron chi connectivity index (χ1n) is 8.93. The molecule has 0 N–H and O–H groups in total. The van der Waals surface area contributed by atoms with Gasteiger partial charge in [0.2, 0.25) is 5.78 Å². The molecule has 10 heteroatoms. The lowest BCUT2D eigenvalue weighted by molar-refractivity contribution is -0.386. The van der Waals surface area contributed by atoms with E-state index in [0.29, 0.717) is 16.9 Å². The molecule has 0 atom stereocenters. The van der Waals surface area contributed by atoms with Crippen LogP contribution in [-0.2, 0) is 13.7 Å². The number of rotatable bonds is 8. The van der Waals surface area contributed by atoms with Gasteiger partial charge in [0.15, 0.2) is 11.4 Å². The van der Waals surface area contributed by atoms with E-state index >= 15 is 0 Å². The highest BCUT2D eigenvalue weighted by Gasteiger charge is 2.17. The van der Waals surface area contributed by atoms with Crippen molar-refractivity contribution in [3.8, 4) is 11.5 Å². The number of carbonyl (C=O) groups is 1. The minimum atomic E-state index is -0.657. The summed E-state index contributed by atoms with van der Waals surface area (Å²) in [4.78, 5) is 22.8. The molecule has 3 aromatic rings. The van der Waals surface area contributed by atoms with Crippen molar-refractivity contribution in [1.29, 1.82) is 0 Å². The summed E-state index contributed by atoms with van der Waals surface area (Å²) in [5.41, 5.74) is 0.977. The molecule has 0 spiro atoms. The molecule has 0 radical (unpaired) electrons. The molecule has 0 bridgehead atoms. The number of benzene rings is 2. The summed E-state index contributed by atoms with van der Waals surface area (Å²) in [6.45, 7) is -0.116. The Balaban J connectivity index is 1.81. The second-order valence-electron chi connectivity index (χ2n) is 6.43. The monoisotopic (exact) mass is 445 g/mol. The summed E-state index contributed by atoms with van der Waals surface area (Å²) in [7, 11) is 3.12. The number of allylic oxidation sites excluding steroid dienone is 1. The number of hydrogen-bond acceptors (Lipinski definition) is 6. The highest BCUT2D eigenvalue weighted by molar-refractivity contribution is 6.34. The molecule has 0 aliphatic carbocycles. The van der Waals surface area contributed by atoms with Crippen LogP contribution in [0, 0.1) is 15.9 Å². The van der Waals surface area contributed by atoms with Gasteiger partial charge in [-0.05, 0) is 29.8 Å². The summed E-state index contributed by atoms with van der Waals surface area (Å²) < 4.78 is 25.7. The molecule has 0 amide bonds. The minimum absolute atomic E-state index is 0.116. The predicted molar refractivity (Wildman–Crippen MR) is 112 cm³/mol. The van der Waals surface area contributed by atoms with E-state index < -0.39 is 10.7 Å². The van der Waals surface area contributed by atoms with Crippen LogP contribution in [0.4, 0.5) is 10.1 Å². The lowest BCUT2D eigenvalue weighted by Crippen LogP contribution is -2.02. The smallest absolute Gasteiger partial charge is 0.311 e. The number of ketones is 1. The molecule has 0 unspecified atom stereocenters. The first kappa shape index (κ1) is 22.0. The van der Waals surface area contributed by atoms with Gasteiger partial charge in [-0.2, -0.15) is 5.10 Å². The van der Waals surface area contributed by atoms with Gasteiger partial charge < -0.3 is 9.47 Å². The van der Waals surface area contributed by atoms with E-state index in [4.69, 9.17) is 21.1 Å². The Morgan fingerprint density at radius 1 is 1.29 bits per heavy atom. The van der Waals surface area contributed by atoms with Crippen LogP contribution < -0.4 is 9.47 Å². The SMILES string of the molecule is COc1ccc(/C=C/C(=O)c2nn(C)cc2Cl)cc1COc1cc(F)ccc1[N+](=O)[O-]. The highest BCUT2D eigenvalue weighted by Crippen LogP contribution is 2.30. The lowest BCUT2D eigenvalue weighted by atomic mass is 10.1. The first-order chi connectivity index (χ1) is 14.8. The third-order valence-corrected chi connectivity index (χ3v) is 4.53. The van der Waals surface area contributed by atoms with Crippen LogP contribution in [0.5, 0.6) is 11.5 Å². The van der Waals surface area contributed by atoms with Gasteiger partial charge in [0.25, 0.3) is 0 Å². The average molecular weight is 446 g/mol. The van der Waals surface area contributed by atoms with E-state index in [-0.39, 0.29) is 34.5 Å². The van der Waals surface area contributed by atoms with Crippen molar-refractivity contribution in [3.05, 3.63) is 86.4 Å². The summed E-state index contributed by atoms with van der Waals surface area (Å²) >= 11 is 5.99. The standard InChI is InChI=1S/C21H17ClFN3O5/c1-25-11-16(22)21(24-25)18(27)7-3-13-4-8-19(30-2)14(9-13)12-31-20-10-15(23)5-6-17(20)26(28)29/h3-11H,12H2,1-2H3/b7-3+. The van der Waals surface area contributed by atoms with Gasteiger partial charge in [-0.3, -0.25) is 19.6 Å². The van der Waals surface area contributed by atoms with Gasteiger partial charge in [-0.1, -0.05) is 23.7 Å². The maximum atomic E-state index is 13.5. The van der Waals surface area contributed by atoms with Crippen molar-refractivity contribution < 1.29 is 23.6 Å². The van der Waals surface area contributed by atoms with Crippen LogP contribution in [0.25, 0.3) is 6.08 Å². The first-order valence-corrected chi connectivity index (χ1v) is 9.31. The number of nitro benzene ring substituents is 1. The van der Waals surface area contributed by atoms with E-state index in [0.717, 1.165) is 18.2 Å². The minimum Gasteiger partial charge on any atom is -0.496 e. The number of hydrogen-bond donors (Lipinski definition) is 0.